The number of piperidine rings is 1. The van der Waals surface area contributed by atoms with Gasteiger partial charge in [-0.25, -0.2) is 17.7 Å². The van der Waals surface area contributed by atoms with Crippen LogP contribution in [0.5, 0.6) is 0 Å². The van der Waals surface area contributed by atoms with Crippen molar-refractivity contribution in [2.24, 2.45) is 5.73 Å². The Balaban J connectivity index is 1.74. The number of anilines is 1. The summed E-state index contributed by atoms with van der Waals surface area (Å²) in [7, 11) is -0.412. The number of nitrogens with zero attached hydrogens (tertiary/aromatic N) is 3. The van der Waals surface area contributed by atoms with Crippen LogP contribution in [0.2, 0.25) is 0 Å². The number of hydrogen-bond donors (Lipinski definition) is 1. The lowest BCUT2D eigenvalue weighted by Gasteiger charge is -2.42. The summed E-state index contributed by atoms with van der Waals surface area (Å²) < 4.78 is 25.5. The molecule has 7 heteroatoms. The van der Waals surface area contributed by atoms with E-state index in [2.05, 4.69) is 34.1 Å². The van der Waals surface area contributed by atoms with Crippen LogP contribution in [0.1, 0.15) is 18.4 Å². The van der Waals surface area contributed by atoms with Gasteiger partial charge < -0.3 is 10.6 Å². The summed E-state index contributed by atoms with van der Waals surface area (Å²) >= 11 is 0. The molecule has 0 aliphatic carbocycles. The molecule has 3 rings (SSSR count). The number of pyridine rings is 1. The Hall–Kier alpha value is -1.96. The maximum absolute atomic E-state index is 12.2. The highest BCUT2D eigenvalue weighted by molar-refractivity contribution is 7.89. The summed E-state index contributed by atoms with van der Waals surface area (Å²) in [6.07, 6.45) is 3.34. The van der Waals surface area contributed by atoms with Gasteiger partial charge in [-0.1, -0.05) is 30.3 Å². The van der Waals surface area contributed by atoms with Gasteiger partial charge in [0.15, 0.2) is 0 Å². The fraction of sp³-hybridized carbons (Fsp3) is 0.421. The van der Waals surface area contributed by atoms with Crippen LogP contribution in [0.3, 0.4) is 0 Å². The van der Waals surface area contributed by atoms with E-state index in [0.717, 1.165) is 31.7 Å². The number of benzene rings is 1. The minimum absolute atomic E-state index is 0.00592. The SMILES string of the molecule is CN(C)S(=O)(=O)c1ccc(N2CCC(CN)(c3ccccc3)CC2)nc1. The number of nitrogens with two attached hydrogens (primary N) is 1. The van der Waals surface area contributed by atoms with Crippen molar-refractivity contribution >= 4 is 15.8 Å². The summed E-state index contributed by atoms with van der Waals surface area (Å²) in [5.74, 6) is 0.807. The van der Waals surface area contributed by atoms with Crippen LogP contribution >= 0.6 is 0 Å². The van der Waals surface area contributed by atoms with Gasteiger partial charge in [0.2, 0.25) is 10.0 Å². The summed E-state index contributed by atoms with van der Waals surface area (Å²) in [6, 6.07) is 13.9. The van der Waals surface area contributed by atoms with Gasteiger partial charge >= 0.3 is 0 Å². The Morgan fingerprint density at radius 1 is 1.12 bits per heavy atom. The van der Waals surface area contributed by atoms with Crippen molar-refractivity contribution in [3.63, 3.8) is 0 Å². The standard InChI is InChI=1S/C19H26N4O2S/c1-22(2)26(24,25)17-8-9-18(21-14-17)23-12-10-19(15-20,11-13-23)16-6-4-3-5-7-16/h3-9,14H,10-13,15,20H2,1-2H3. The van der Waals surface area contributed by atoms with Crippen molar-refractivity contribution in [3.8, 4) is 0 Å². The molecule has 2 aromatic rings. The number of hydrogen-bond acceptors (Lipinski definition) is 5. The summed E-state index contributed by atoms with van der Waals surface area (Å²) in [6.45, 7) is 2.32. The van der Waals surface area contributed by atoms with Crippen molar-refractivity contribution in [2.45, 2.75) is 23.2 Å². The van der Waals surface area contributed by atoms with Crippen LogP contribution in [0.4, 0.5) is 5.82 Å². The summed E-state index contributed by atoms with van der Waals surface area (Å²) in [4.78, 5) is 6.80. The quantitative estimate of drug-likeness (QED) is 0.864. The van der Waals surface area contributed by atoms with Gasteiger partial charge in [-0.2, -0.15) is 0 Å². The third-order valence-electron chi connectivity index (χ3n) is 5.32. The molecule has 2 N–H and O–H groups in total. The van der Waals surface area contributed by atoms with Crippen LogP contribution in [0, 0.1) is 0 Å². The third kappa shape index (κ3) is 3.47. The summed E-state index contributed by atoms with van der Waals surface area (Å²) in [5, 5.41) is 0. The second kappa shape index (κ2) is 7.34. The molecular formula is C19H26N4O2S. The van der Waals surface area contributed by atoms with E-state index in [4.69, 9.17) is 5.73 Å². The molecule has 1 saturated heterocycles. The Morgan fingerprint density at radius 2 is 1.77 bits per heavy atom. The minimum Gasteiger partial charge on any atom is -0.357 e. The van der Waals surface area contributed by atoms with E-state index in [0.29, 0.717) is 6.54 Å². The van der Waals surface area contributed by atoms with Crippen molar-refractivity contribution < 1.29 is 8.42 Å². The van der Waals surface area contributed by atoms with Crippen LogP contribution < -0.4 is 10.6 Å². The molecule has 0 unspecified atom stereocenters. The summed E-state index contributed by atoms with van der Waals surface area (Å²) in [5.41, 5.74) is 7.44. The molecule has 6 nitrogen and oxygen atoms in total. The lowest BCUT2D eigenvalue weighted by molar-refractivity contribution is 0.339. The van der Waals surface area contributed by atoms with Crippen LogP contribution in [-0.4, -0.2) is 51.4 Å². The van der Waals surface area contributed by atoms with Gasteiger partial charge in [0.05, 0.1) is 0 Å². The van der Waals surface area contributed by atoms with Gasteiger partial charge in [-0.05, 0) is 30.5 Å². The van der Waals surface area contributed by atoms with Gasteiger partial charge in [0.25, 0.3) is 0 Å². The van der Waals surface area contributed by atoms with Crippen molar-refractivity contribution in [1.29, 1.82) is 0 Å². The lowest BCUT2D eigenvalue weighted by atomic mass is 9.73. The first-order chi connectivity index (χ1) is 12.4. The number of sulfonamides is 1. The maximum Gasteiger partial charge on any atom is 0.244 e. The van der Waals surface area contributed by atoms with Crippen molar-refractivity contribution in [3.05, 3.63) is 54.2 Å². The highest BCUT2D eigenvalue weighted by Crippen LogP contribution is 2.35. The lowest BCUT2D eigenvalue weighted by Crippen LogP contribution is -2.47. The van der Waals surface area contributed by atoms with Crippen molar-refractivity contribution in [1.82, 2.24) is 9.29 Å². The van der Waals surface area contributed by atoms with E-state index in [9.17, 15) is 8.42 Å². The molecule has 1 aliphatic heterocycles. The second-order valence-electron chi connectivity index (χ2n) is 6.98. The molecule has 0 radical (unpaired) electrons. The highest BCUT2D eigenvalue weighted by Gasteiger charge is 2.35. The van der Waals surface area contributed by atoms with Crippen molar-refractivity contribution in [2.75, 3.05) is 38.6 Å². The molecule has 1 fully saturated rings. The molecule has 0 bridgehead atoms. The molecule has 26 heavy (non-hydrogen) atoms. The monoisotopic (exact) mass is 374 g/mol. The average Bonchev–Trinajstić information content (AvgIpc) is 2.69. The zero-order chi connectivity index (χ0) is 18.8. The molecule has 1 aromatic carbocycles. The van der Waals surface area contributed by atoms with Crippen LogP contribution in [0.25, 0.3) is 0 Å². The number of rotatable bonds is 5. The Kier molecular flexibility index (Phi) is 5.32. The zero-order valence-electron chi connectivity index (χ0n) is 15.3. The fourth-order valence-corrected chi connectivity index (χ4v) is 4.34. The van der Waals surface area contributed by atoms with Gasteiger partial charge in [-0.15, -0.1) is 0 Å². The molecule has 140 valence electrons. The highest BCUT2D eigenvalue weighted by atomic mass is 32.2. The first-order valence-corrected chi connectivity index (χ1v) is 10.2. The molecule has 2 heterocycles. The first kappa shape index (κ1) is 18.8. The van der Waals surface area contributed by atoms with E-state index in [1.165, 1.54) is 30.2 Å². The Morgan fingerprint density at radius 3 is 2.27 bits per heavy atom. The van der Waals surface area contributed by atoms with E-state index in [1.807, 2.05) is 6.07 Å². The predicted molar refractivity (Wildman–Crippen MR) is 104 cm³/mol. The van der Waals surface area contributed by atoms with E-state index in [1.54, 1.807) is 12.1 Å². The van der Waals surface area contributed by atoms with Gasteiger partial charge in [-0.3, -0.25) is 0 Å². The molecule has 1 aromatic heterocycles. The van der Waals surface area contributed by atoms with Gasteiger partial charge in [0.1, 0.15) is 10.7 Å². The Bertz CT molecular complexity index is 828. The van der Waals surface area contributed by atoms with Crippen LogP contribution in [0.15, 0.2) is 53.6 Å². The van der Waals surface area contributed by atoms with E-state index < -0.39 is 10.0 Å². The molecular weight excluding hydrogens is 348 g/mol. The first-order valence-electron chi connectivity index (χ1n) is 8.78. The maximum atomic E-state index is 12.2. The molecule has 0 atom stereocenters. The minimum atomic E-state index is -3.45. The van der Waals surface area contributed by atoms with E-state index in [-0.39, 0.29) is 10.3 Å². The van der Waals surface area contributed by atoms with Crippen LogP contribution in [-0.2, 0) is 15.4 Å². The third-order valence-corrected chi connectivity index (χ3v) is 7.12. The molecule has 1 aliphatic rings. The molecule has 0 saturated carbocycles. The average molecular weight is 375 g/mol. The number of aromatic nitrogens is 1. The van der Waals surface area contributed by atoms with E-state index >= 15 is 0 Å². The molecule has 0 spiro atoms. The van der Waals surface area contributed by atoms with Gasteiger partial charge in [0, 0.05) is 45.3 Å². The normalized spacial score (nSPS) is 17.5. The largest absolute Gasteiger partial charge is 0.357 e. The zero-order valence-corrected chi connectivity index (χ0v) is 16.1. The second-order valence-corrected chi connectivity index (χ2v) is 9.13. The fourth-order valence-electron chi connectivity index (χ4n) is 3.49. The topological polar surface area (TPSA) is 79.5 Å². The predicted octanol–water partition coefficient (Wildman–Crippen LogP) is 1.83. The smallest absolute Gasteiger partial charge is 0.244 e. The Labute approximate surface area is 155 Å². The molecule has 0 amide bonds.